The lowest BCUT2D eigenvalue weighted by Crippen LogP contribution is -2.43. The van der Waals surface area contributed by atoms with Gasteiger partial charge in [-0.2, -0.15) is 0 Å². The fraction of sp³-hybridized carbons (Fsp3) is 0.480. The van der Waals surface area contributed by atoms with Gasteiger partial charge in [0.2, 0.25) is 5.91 Å². The fourth-order valence-electron chi connectivity index (χ4n) is 4.14. The molecular weight excluding hydrogens is 374 g/mol. The van der Waals surface area contributed by atoms with Crippen molar-refractivity contribution in [1.29, 1.82) is 0 Å². The van der Waals surface area contributed by atoms with Gasteiger partial charge in [-0.25, -0.2) is 0 Å². The Bertz CT molecular complexity index is 771. The van der Waals surface area contributed by atoms with E-state index in [1.807, 2.05) is 12.1 Å². The van der Waals surface area contributed by atoms with E-state index in [2.05, 4.69) is 61.4 Å². The third-order valence-corrected chi connectivity index (χ3v) is 5.92. The van der Waals surface area contributed by atoms with Crippen LogP contribution in [0.2, 0.25) is 0 Å². The van der Waals surface area contributed by atoms with Crippen molar-refractivity contribution in [2.75, 3.05) is 6.54 Å². The molecule has 2 unspecified atom stereocenters. The van der Waals surface area contributed by atoms with E-state index in [-0.39, 0.29) is 17.9 Å². The number of nitrogens with zero attached hydrogens (tertiary/aromatic N) is 1. The summed E-state index contributed by atoms with van der Waals surface area (Å²) < 4.78 is 0. The number of carbonyl (C=O) groups is 1. The number of carbonyl (C=O) groups excluding carboxylic acids is 1. The van der Waals surface area contributed by atoms with Crippen LogP contribution in [0.4, 0.5) is 0 Å². The number of unbranched alkanes of at least 4 members (excludes halogenated alkanes) is 1. The highest BCUT2D eigenvalue weighted by Gasteiger charge is 2.34. The molecule has 1 aliphatic heterocycles. The Morgan fingerprint density at radius 2 is 2.00 bits per heavy atom. The van der Waals surface area contributed by atoms with Crippen LogP contribution in [0, 0.1) is 12.8 Å². The summed E-state index contributed by atoms with van der Waals surface area (Å²) in [5.41, 5.74) is 6.77. The van der Waals surface area contributed by atoms with Crippen molar-refractivity contribution in [1.82, 2.24) is 15.7 Å². The smallest absolute Gasteiger partial charge is 0.246 e. The molecule has 1 heterocycles. The third-order valence-electron chi connectivity index (χ3n) is 5.92. The van der Waals surface area contributed by atoms with E-state index in [4.69, 9.17) is 5.21 Å². The molecule has 1 aromatic carbocycles. The molecule has 3 N–H and O–H groups in total. The highest BCUT2D eigenvalue weighted by molar-refractivity contribution is 5.83. The van der Waals surface area contributed by atoms with Crippen LogP contribution < -0.4 is 10.8 Å². The molecule has 0 aliphatic carbocycles. The molecule has 164 valence electrons. The van der Waals surface area contributed by atoms with Crippen LogP contribution in [-0.2, 0) is 11.2 Å². The van der Waals surface area contributed by atoms with Crippen LogP contribution in [-0.4, -0.2) is 28.6 Å². The molecular formula is C25H37N3O2. The quantitative estimate of drug-likeness (QED) is 0.431. The van der Waals surface area contributed by atoms with E-state index in [9.17, 15) is 4.79 Å². The second-order valence-corrected chi connectivity index (χ2v) is 8.30. The predicted octanol–water partition coefficient (Wildman–Crippen LogP) is 4.83. The second-order valence-electron chi connectivity index (χ2n) is 8.30. The molecule has 1 aliphatic rings. The van der Waals surface area contributed by atoms with Crippen molar-refractivity contribution in [2.45, 2.75) is 64.8 Å². The third kappa shape index (κ3) is 6.49. The van der Waals surface area contributed by atoms with E-state index >= 15 is 0 Å². The van der Waals surface area contributed by atoms with Crippen LogP contribution in [0.5, 0.6) is 0 Å². The van der Waals surface area contributed by atoms with Gasteiger partial charge in [0.05, 0.1) is 0 Å². The summed E-state index contributed by atoms with van der Waals surface area (Å²) >= 11 is 0. The topological polar surface area (TPSA) is 64.6 Å². The lowest BCUT2D eigenvalue weighted by atomic mass is 9.93. The lowest BCUT2D eigenvalue weighted by Gasteiger charge is -2.33. The molecule has 2 rings (SSSR count). The molecule has 0 radical (unpaired) electrons. The number of hydroxylamine groups is 1. The molecule has 1 amide bonds. The minimum Gasteiger partial charge on any atom is -0.363 e. The van der Waals surface area contributed by atoms with E-state index < -0.39 is 0 Å². The minimum absolute atomic E-state index is 0.0133. The number of allylic oxidation sites excluding steroid dienone is 3. The van der Waals surface area contributed by atoms with Gasteiger partial charge in [-0.15, -0.1) is 0 Å². The summed E-state index contributed by atoms with van der Waals surface area (Å²) in [6.45, 7) is 17.3. The van der Waals surface area contributed by atoms with Gasteiger partial charge in [-0.3, -0.25) is 15.5 Å². The number of hydrogen-bond acceptors (Lipinski definition) is 4. The second kappa shape index (κ2) is 11.6. The van der Waals surface area contributed by atoms with Crippen LogP contribution in [0.25, 0.3) is 0 Å². The van der Waals surface area contributed by atoms with E-state index in [1.54, 1.807) is 0 Å². The molecule has 30 heavy (non-hydrogen) atoms. The van der Waals surface area contributed by atoms with Crippen molar-refractivity contribution in [3.05, 3.63) is 72.2 Å². The van der Waals surface area contributed by atoms with Crippen LogP contribution >= 0.6 is 0 Å². The number of hydrogen-bond donors (Lipinski definition) is 3. The average molecular weight is 412 g/mol. The maximum absolute atomic E-state index is 13.0. The molecule has 0 bridgehead atoms. The largest absolute Gasteiger partial charge is 0.363 e. The normalized spacial score (nSPS) is 16.8. The summed E-state index contributed by atoms with van der Waals surface area (Å²) in [4.78, 5) is 15.2. The molecule has 2 atom stereocenters. The van der Waals surface area contributed by atoms with E-state index in [0.717, 1.165) is 44.3 Å². The monoisotopic (exact) mass is 411 g/mol. The van der Waals surface area contributed by atoms with Gasteiger partial charge >= 0.3 is 0 Å². The van der Waals surface area contributed by atoms with Gasteiger partial charge in [0.15, 0.2) is 0 Å². The zero-order valence-corrected chi connectivity index (χ0v) is 18.5. The maximum Gasteiger partial charge on any atom is 0.246 e. The SMILES string of the molecule is C=C(CC(CCCC)C(=C)N1CCCC1C(=O)NC(=C)Cc1ccccc1C)NO. The van der Waals surface area contributed by atoms with Gasteiger partial charge in [0.25, 0.3) is 0 Å². The zero-order chi connectivity index (χ0) is 22.1. The molecule has 0 saturated carbocycles. The fourth-order valence-corrected chi connectivity index (χ4v) is 4.14. The predicted molar refractivity (Wildman–Crippen MR) is 123 cm³/mol. The van der Waals surface area contributed by atoms with Crippen molar-refractivity contribution in [2.24, 2.45) is 5.92 Å². The highest BCUT2D eigenvalue weighted by atomic mass is 16.5. The average Bonchev–Trinajstić information content (AvgIpc) is 3.22. The van der Waals surface area contributed by atoms with Crippen LogP contribution in [0.3, 0.4) is 0 Å². The van der Waals surface area contributed by atoms with Crippen molar-refractivity contribution < 1.29 is 10.0 Å². The molecule has 5 heteroatoms. The first-order valence-electron chi connectivity index (χ1n) is 10.9. The van der Waals surface area contributed by atoms with Crippen LogP contribution in [0.1, 0.15) is 56.6 Å². The van der Waals surface area contributed by atoms with Crippen molar-refractivity contribution in [3.63, 3.8) is 0 Å². The summed E-state index contributed by atoms with van der Waals surface area (Å²) in [5, 5.41) is 12.2. The maximum atomic E-state index is 13.0. The first kappa shape index (κ1) is 23.7. The van der Waals surface area contributed by atoms with Crippen LogP contribution in [0.15, 0.2) is 61.1 Å². The van der Waals surface area contributed by atoms with E-state index in [0.29, 0.717) is 24.2 Å². The lowest BCUT2D eigenvalue weighted by molar-refractivity contribution is -0.124. The Morgan fingerprint density at radius 3 is 2.67 bits per heavy atom. The van der Waals surface area contributed by atoms with Crippen molar-refractivity contribution in [3.8, 4) is 0 Å². The summed E-state index contributed by atoms with van der Waals surface area (Å²) in [5.74, 6) is 0.140. The van der Waals surface area contributed by atoms with Gasteiger partial charge in [-0.1, -0.05) is 63.8 Å². The highest BCUT2D eigenvalue weighted by Crippen LogP contribution is 2.31. The summed E-state index contributed by atoms with van der Waals surface area (Å²) in [7, 11) is 0. The van der Waals surface area contributed by atoms with Crippen molar-refractivity contribution >= 4 is 5.91 Å². The first-order chi connectivity index (χ1) is 14.4. The molecule has 1 fully saturated rings. The molecule has 1 saturated heterocycles. The molecule has 5 nitrogen and oxygen atoms in total. The molecule has 1 aromatic rings. The molecule has 0 aromatic heterocycles. The number of benzene rings is 1. The van der Waals surface area contributed by atoms with Gasteiger partial charge < -0.3 is 10.2 Å². The zero-order valence-electron chi connectivity index (χ0n) is 18.5. The Labute approximate surface area is 181 Å². The molecule has 0 spiro atoms. The van der Waals surface area contributed by atoms with E-state index in [1.165, 1.54) is 11.1 Å². The standard InChI is InChI=1S/C25H37N3O2/c1-6-7-12-23(17-20(4)27-30)21(5)28-15-10-14-24(28)25(29)26-19(3)16-22-13-9-8-11-18(22)2/h8-9,11,13,23-24,27,30H,3-7,10,12,14-17H2,1-2H3,(H,26,29). The minimum atomic E-state index is -0.231. The summed E-state index contributed by atoms with van der Waals surface area (Å²) in [6, 6.07) is 7.92. The number of amides is 1. The van der Waals surface area contributed by atoms with Gasteiger partial charge in [0.1, 0.15) is 6.04 Å². The summed E-state index contributed by atoms with van der Waals surface area (Å²) in [6.07, 6.45) is 6.13. The Hall–Kier alpha value is -2.53. The Kier molecular flexibility index (Phi) is 9.18. The first-order valence-corrected chi connectivity index (χ1v) is 10.9. The number of nitrogens with one attached hydrogen (secondary N) is 2. The Balaban J connectivity index is 2.02. The number of aryl methyl sites for hydroxylation is 1. The van der Waals surface area contributed by atoms with Gasteiger partial charge in [-0.05, 0) is 43.7 Å². The van der Waals surface area contributed by atoms with Gasteiger partial charge in [0, 0.05) is 36.0 Å². The Morgan fingerprint density at radius 1 is 1.27 bits per heavy atom. The number of rotatable bonds is 12. The number of likely N-dealkylation sites (tertiary alicyclic amines) is 1.